The van der Waals surface area contributed by atoms with E-state index < -0.39 is 11.6 Å². The van der Waals surface area contributed by atoms with Gasteiger partial charge >= 0.3 is 0 Å². The first-order valence-electron chi connectivity index (χ1n) is 5.65. The number of hydrogen-bond acceptors (Lipinski definition) is 3. The normalized spacial score (nSPS) is 20.3. The minimum absolute atomic E-state index is 0.0851. The molecule has 1 unspecified atom stereocenters. The summed E-state index contributed by atoms with van der Waals surface area (Å²) < 4.78 is 31.4. The summed E-state index contributed by atoms with van der Waals surface area (Å²) in [4.78, 5) is 1.86. The molecule has 0 aliphatic carbocycles. The number of hydrogen-bond donors (Lipinski definition) is 1. The Bertz CT molecular complexity index is 381. The van der Waals surface area contributed by atoms with Crippen molar-refractivity contribution in [1.82, 2.24) is 5.32 Å². The van der Waals surface area contributed by atoms with Gasteiger partial charge < -0.3 is 15.0 Å². The van der Waals surface area contributed by atoms with Crippen LogP contribution < -0.4 is 10.2 Å². The molecule has 0 aromatic heterocycles. The fourth-order valence-electron chi connectivity index (χ4n) is 1.87. The van der Waals surface area contributed by atoms with Crippen LogP contribution in [-0.2, 0) is 4.74 Å². The average molecular weight is 242 g/mol. The van der Waals surface area contributed by atoms with Crippen molar-refractivity contribution in [3.8, 4) is 0 Å². The Kier molecular flexibility index (Phi) is 3.91. The summed E-state index contributed by atoms with van der Waals surface area (Å²) in [6.45, 7) is 2.99. The van der Waals surface area contributed by atoms with Crippen LogP contribution in [0.5, 0.6) is 0 Å². The fourth-order valence-corrected chi connectivity index (χ4v) is 1.87. The number of anilines is 1. The molecule has 1 aliphatic rings. The van der Waals surface area contributed by atoms with Crippen molar-refractivity contribution in [3.63, 3.8) is 0 Å². The standard InChI is InChI=1S/C12H16F2N2O/c1-16(8-10-7-15-4-5-17-10)9-2-3-11(13)12(14)6-9/h2-3,6,10,15H,4-5,7-8H2,1H3. The van der Waals surface area contributed by atoms with Crippen LogP contribution in [0.15, 0.2) is 18.2 Å². The molecule has 2 rings (SSSR count). The molecule has 0 amide bonds. The molecule has 3 nitrogen and oxygen atoms in total. The lowest BCUT2D eigenvalue weighted by atomic mass is 10.2. The van der Waals surface area contributed by atoms with E-state index >= 15 is 0 Å². The maximum Gasteiger partial charge on any atom is 0.160 e. The van der Waals surface area contributed by atoms with Crippen LogP contribution >= 0.6 is 0 Å². The first kappa shape index (κ1) is 12.3. The Labute approximate surface area is 99.4 Å². The van der Waals surface area contributed by atoms with E-state index in [1.54, 1.807) is 6.07 Å². The van der Waals surface area contributed by atoms with Crippen LogP contribution in [0, 0.1) is 11.6 Å². The molecule has 0 radical (unpaired) electrons. The van der Waals surface area contributed by atoms with Crippen LogP contribution in [-0.4, -0.2) is 39.4 Å². The summed E-state index contributed by atoms with van der Waals surface area (Å²) in [6, 6.07) is 3.90. The lowest BCUT2D eigenvalue weighted by Crippen LogP contribution is -2.44. The zero-order chi connectivity index (χ0) is 12.3. The van der Waals surface area contributed by atoms with Gasteiger partial charge in [-0.15, -0.1) is 0 Å². The Morgan fingerprint density at radius 1 is 1.41 bits per heavy atom. The van der Waals surface area contributed by atoms with Crippen molar-refractivity contribution in [2.24, 2.45) is 0 Å². The average Bonchev–Trinajstić information content (AvgIpc) is 2.34. The summed E-state index contributed by atoms with van der Waals surface area (Å²) in [6.07, 6.45) is 0.0851. The van der Waals surface area contributed by atoms with Crippen LogP contribution in [0.3, 0.4) is 0 Å². The van der Waals surface area contributed by atoms with Gasteiger partial charge in [0.1, 0.15) is 0 Å². The number of ether oxygens (including phenoxy) is 1. The Hall–Kier alpha value is -1.20. The third-order valence-electron chi connectivity index (χ3n) is 2.83. The second kappa shape index (κ2) is 5.42. The maximum absolute atomic E-state index is 13.1. The van der Waals surface area contributed by atoms with E-state index in [0.29, 0.717) is 18.8 Å². The van der Waals surface area contributed by atoms with E-state index in [1.807, 2.05) is 11.9 Å². The largest absolute Gasteiger partial charge is 0.374 e. The number of halogens is 2. The molecule has 1 N–H and O–H groups in total. The van der Waals surface area contributed by atoms with Crippen molar-refractivity contribution >= 4 is 5.69 Å². The number of nitrogens with zero attached hydrogens (tertiary/aromatic N) is 1. The number of likely N-dealkylation sites (N-methyl/N-ethyl adjacent to an activating group) is 1. The van der Waals surface area contributed by atoms with Crippen LogP contribution in [0.4, 0.5) is 14.5 Å². The van der Waals surface area contributed by atoms with Crippen LogP contribution in [0.2, 0.25) is 0 Å². The summed E-state index contributed by atoms with van der Waals surface area (Å²) in [5.74, 6) is -1.64. The third-order valence-corrected chi connectivity index (χ3v) is 2.83. The first-order chi connectivity index (χ1) is 8.16. The predicted molar refractivity (Wildman–Crippen MR) is 62.2 cm³/mol. The number of nitrogens with one attached hydrogen (secondary N) is 1. The van der Waals surface area contributed by atoms with Gasteiger partial charge in [-0.3, -0.25) is 0 Å². The molecule has 0 spiro atoms. The number of rotatable bonds is 3. The van der Waals surface area contributed by atoms with Crippen molar-refractivity contribution < 1.29 is 13.5 Å². The van der Waals surface area contributed by atoms with Crippen molar-refractivity contribution in [1.29, 1.82) is 0 Å². The van der Waals surface area contributed by atoms with Gasteiger partial charge in [-0.05, 0) is 12.1 Å². The number of morpholine rings is 1. The molecular weight excluding hydrogens is 226 g/mol. The van der Waals surface area contributed by atoms with Crippen LogP contribution in [0.25, 0.3) is 0 Å². The monoisotopic (exact) mass is 242 g/mol. The van der Waals surface area contributed by atoms with Gasteiger partial charge in [-0.1, -0.05) is 0 Å². The van der Waals surface area contributed by atoms with Gasteiger partial charge in [0, 0.05) is 38.4 Å². The molecule has 94 valence electrons. The van der Waals surface area contributed by atoms with E-state index in [2.05, 4.69) is 5.32 Å². The number of benzene rings is 1. The van der Waals surface area contributed by atoms with E-state index in [0.717, 1.165) is 19.2 Å². The molecule has 1 aliphatic heterocycles. The SMILES string of the molecule is CN(CC1CNCCO1)c1ccc(F)c(F)c1. The quantitative estimate of drug-likeness (QED) is 0.867. The van der Waals surface area contributed by atoms with Gasteiger partial charge in [0.25, 0.3) is 0 Å². The second-order valence-corrected chi connectivity index (χ2v) is 4.18. The highest BCUT2D eigenvalue weighted by atomic mass is 19.2. The van der Waals surface area contributed by atoms with Crippen molar-refractivity contribution in [3.05, 3.63) is 29.8 Å². The minimum Gasteiger partial charge on any atom is -0.374 e. The molecule has 17 heavy (non-hydrogen) atoms. The zero-order valence-corrected chi connectivity index (χ0v) is 9.75. The molecule has 1 fully saturated rings. The molecule has 1 aromatic carbocycles. The molecule has 5 heteroatoms. The summed E-state index contributed by atoms with van der Waals surface area (Å²) in [5, 5.41) is 3.23. The van der Waals surface area contributed by atoms with Crippen molar-refractivity contribution in [2.75, 3.05) is 38.2 Å². The summed E-state index contributed by atoms with van der Waals surface area (Å²) >= 11 is 0. The smallest absolute Gasteiger partial charge is 0.160 e. The highest BCUT2D eigenvalue weighted by molar-refractivity contribution is 5.46. The fraction of sp³-hybridized carbons (Fsp3) is 0.500. The minimum atomic E-state index is -0.822. The Balaban J connectivity index is 1.98. The molecule has 1 aromatic rings. The third kappa shape index (κ3) is 3.14. The lowest BCUT2D eigenvalue weighted by Gasteiger charge is -2.29. The summed E-state index contributed by atoms with van der Waals surface area (Å²) in [7, 11) is 1.84. The van der Waals surface area contributed by atoms with E-state index in [1.165, 1.54) is 6.07 Å². The highest BCUT2D eigenvalue weighted by Gasteiger charge is 2.16. The van der Waals surface area contributed by atoms with Gasteiger partial charge in [0.05, 0.1) is 12.7 Å². The topological polar surface area (TPSA) is 24.5 Å². The maximum atomic E-state index is 13.1. The van der Waals surface area contributed by atoms with Gasteiger partial charge in [-0.25, -0.2) is 8.78 Å². The second-order valence-electron chi connectivity index (χ2n) is 4.18. The predicted octanol–water partition coefficient (Wildman–Crippen LogP) is 1.39. The lowest BCUT2D eigenvalue weighted by molar-refractivity contribution is 0.0340. The highest BCUT2D eigenvalue weighted by Crippen LogP contribution is 2.17. The molecule has 1 heterocycles. The van der Waals surface area contributed by atoms with E-state index in [9.17, 15) is 8.78 Å². The van der Waals surface area contributed by atoms with E-state index in [-0.39, 0.29) is 6.10 Å². The van der Waals surface area contributed by atoms with Crippen molar-refractivity contribution in [2.45, 2.75) is 6.10 Å². The van der Waals surface area contributed by atoms with Gasteiger partial charge in [0.15, 0.2) is 11.6 Å². The summed E-state index contributed by atoms with van der Waals surface area (Å²) in [5.41, 5.74) is 0.651. The van der Waals surface area contributed by atoms with Crippen LogP contribution in [0.1, 0.15) is 0 Å². The Morgan fingerprint density at radius 3 is 2.88 bits per heavy atom. The molecule has 1 saturated heterocycles. The van der Waals surface area contributed by atoms with Gasteiger partial charge in [0.2, 0.25) is 0 Å². The molecule has 0 bridgehead atoms. The Morgan fingerprint density at radius 2 is 2.24 bits per heavy atom. The molecular formula is C12H16F2N2O. The first-order valence-corrected chi connectivity index (χ1v) is 5.65. The molecule has 1 atom stereocenters. The zero-order valence-electron chi connectivity index (χ0n) is 9.75. The molecule has 0 saturated carbocycles. The van der Waals surface area contributed by atoms with Gasteiger partial charge in [-0.2, -0.15) is 0 Å². The van der Waals surface area contributed by atoms with E-state index in [4.69, 9.17) is 4.74 Å².